The fraction of sp³-hybridized carbons (Fsp3) is 0.560. The van der Waals surface area contributed by atoms with Crippen LogP contribution in [0.15, 0.2) is 36.4 Å². The Kier molecular flexibility index (Phi) is 7.45. The SMILES string of the molecule is C[C@@H]1CCCN(c2cc(N3CCC[C@@H](C)C3)nc(NC(=S)N[C@@H](C)c3ccccc3)n2)C1. The quantitative estimate of drug-likeness (QED) is 0.619. The molecule has 1 aromatic heterocycles. The van der Waals surface area contributed by atoms with E-state index in [4.69, 9.17) is 22.2 Å². The summed E-state index contributed by atoms with van der Waals surface area (Å²) in [5.74, 6) is 3.94. The topological polar surface area (TPSA) is 56.3 Å². The van der Waals surface area contributed by atoms with Gasteiger partial charge in [0.2, 0.25) is 5.95 Å². The highest BCUT2D eigenvalue weighted by molar-refractivity contribution is 7.80. The van der Waals surface area contributed by atoms with E-state index < -0.39 is 0 Å². The van der Waals surface area contributed by atoms with Crippen LogP contribution in [-0.4, -0.2) is 41.3 Å². The molecule has 32 heavy (non-hydrogen) atoms. The smallest absolute Gasteiger partial charge is 0.232 e. The van der Waals surface area contributed by atoms with Crippen LogP contribution in [0.1, 0.15) is 58.1 Å². The summed E-state index contributed by atoms with van der Waals surface area (Å²) in [6.07, 6.45) is 4.99. The van der Waals surface area contributed by atoms with E-state index in [9.17, 15) is 0 Å². The minimum atomic E-state index is 0.102. The van der Waals surface area contributed by atoms with Crippen LogP contribution < -0.4 is 20.4 Å². The van der Waals surface area contributed by atoms with Gasteiger partial charge in [-0.3, -0.25) is 0 Å². The van der Waals surface area contributed by atoms with E-state index in [-0.39, 0.29) is 6.04 Å². The number of piperidine rings is 2. The van der Waals surface area contributed by atoms with Gasteiger partial charge in [-0.2, -0.15) is 9.97 Å². The second-order valence-electron chi connectivity index (χ2n) is 9.53. The lowest BCUT2D eigenvalue weighted by Gasteiger charge is -2.35. The molecule has 6 nitrogen and oxygen atoms in total. The standard InChI is InChI=1S/C25H36N6S/c1-18-9-7-13-30(16-18)22-15-23(31-14-8-10-19(2)17-31)28-24(27-22)29-25(32)26-20(3)21-11-5-4-6-12-21/h4-6,11-12,15,18-20H,7-10,13-14,16-17H2,1-3H3,(H2,26,27,28,29,32)/t18-,19-,20+/m1/s1. The van der Waals surface area contributed by atoms with E-state index in [0.29, 0.717) is 22.9 Å². The molecule has 1 aromatic carbocycles. The second-order valence-corrected chi connectivity index (χ2v) is 9.93. The van der Waals surface area contributed by atoms with Crippen LogP contribution >= 0.6 is 12.2 Å². The van der Waals surface area contributed by atoms with Gasteiger partial charge in [-0.25, -0.2) is 0 Å². The van der Waals surface area contributed by atoms with Crippen molar-refractivity contribution in [2.45, 2.75) is 52.5 Å². The minimum absolute atomic E-state index is 0.102. The number of aromatic nitrogens is 2. The van der Waals surface area contributed by atoms with Gasteiger partial charge in [0.25, 0.3) is 0 Å². The maximum atomic E-state index is 5.62. The lowest BCUT2D eigenvalue weighted by molar-refractivity contribution is 0.441. The molecule has 2 aliphatic rings. The maximum absolute atomic E-state index is 5.62. The molecule has 2 N–H and O–H groups in total. The van der Waals surface area contributed by atoms with Gasteiger partial charge in [0.15, 0.2) is 5.11 Å². The summed E-state index contributed by atoms with van der Waals surface area (Å²) in [6, 6.07) is 12.6. The molecule has 0 aliphatic carbocycles. The molecule has 172 valence electrons. The van der Waals surface area contributed by atoms with E-state index in [1.54, 1.807) is 0 Å². The van der Waals surface area contributed by atoms with E-state index in [1.807, 2.05) is 18.2 Å². The summed E-state index contributed by atoms with van der Waals surface area (Å²) in [5, 5.41) is 7.18. The van der Waals surface area contributed by atoms with Gasteiger partial charge in [0, 0.05) is 32.2 Å². The van der Waals surface area contributed by atoms with Gasteiger partial charge >= 0.3 is 0 Å². The summed E-state index contributed by atoms with van der Waals surface area (Å²) in [4.78, 5) is 14.6. The number of benzene rings is 1. The largest absolute Gasteiger partial charge is 0.356 e. The molecule has 0 amide bonds. The first kappa shape index (κ1) is 22.8. The molecule has 4 rings (SSSR count). The van der Waals surface area contributed by atoms with Crippen LogP contribution in [0.25, 0.3) is 0 Å². The molecule has 2 aliphatic heterocycles. The highest BCUT2D eigenvalue weighted by Gasteiger charge is 2.23. The molecule has 0 saturated carbocycles. The third kappa shape index (κ3) is 5.88. The number of nitrogens with one attached hydrogen (secondary N) is 2. The summed E-state index contributed by atoms with van der Waals surface area (Å²) < 4.78 is 0. The molecular formula is C25H36N6S. The van der Waals surface area contributed by atoms with Crippen molar-refractivity contribution in [3.05, 3.63) is 42.0 Å². The van der Waals surface area contributed by atoms with Crippen LogP contribution in [0.3, 0.4) is 0 Å². The molecular weight excluding hydrogens is 416 g/mol. The first-order valence-electron chi connectivity index (χ1n) is 12.0. The van der Waals surface area contributed by atoms with Crippen molar-refractivity contribution >= 4 is 34.9 Å². The summed E-state index contributed by atoms with van der Waals surface area (Å²) in [7, 11) is 0. The first-order valence-corrected chi connectivity index (χ1v) is 12.4. The Hall–Kier alpha value is -2.41. The monoisotopic (exact) mass is 452 g/mol. The average molecular weight is 453 g/mol. The zero-order valence-electron chi connectivity index (χ0n) is 19.6. The van der Waals surface area contributed by atoms with Gasteiger partial charge in [-0.05, 0) is 62.2 Å². The van der Waals surface area contributed by atoms with Gasteiger partial charge in [0.05, 0.1) is 6.04 Å². The summed E-state index contributed by atoms with van der Waals surface area (Å²) in [5.41, 5.74) is 1.19. The number of thiocarbonyl (C=S) groups is 1. The van der Waals surface area contributed by atoms with Crippen molar-refractivity contribution < 1.29 is 0 Å². The van der Waals surface area contributed by atoms with Crippen molar-refractivity contribution in [1.29, 1.82) is 0 Å². The Morgan fingerprint density at radius 3 is 2.06 bits per heavy atom. The molecule has 0 bridgehead atoms. The van der Waals surface area contributed by atoms with Crippen LogP contribution in [0.4, 0.5) is 17.6 Å². The summed E-state index contributed by atoms with van der Waals surface area (Å²) in [6.45, 7) is 10.9. The number of hydrogen-bond acceptors (Lipinski definition) is 5. The molecule has 7 heteroatoms. The van der Waals surface area contributed by atoms with E-state index in [2.05, 4.69) is 59.4 Å². The Labute approximate surface area is 197 Å². The van der Waals surface area contributed by atoms with Gasteiger partial charge in [-0.15, -0.1) is 0 Å². The number of anilines is 3. The fourth-order valence-electron chi connectivity index (χ4n) is 4.76. The predicted molar refractivity (Wildman–Crippen MR) is 137 cm³/mol. The minimum Gasteiger partial charge on any atom is -0.356 e. The normalized spacial score (nSPS) is 22.3. The molecule has 2 saturated heterocycles. The molecule has 2 fully saturated rings. The van der Waals surface area contributed by atoms with Crippen molar-refractivity contribution in [3.8, 4) is 0 Å². The second kappa shape index (κ2) is 10.5. The highest BCUT2D eigenvalue weighted by Crippen LogP contribution is 2.28. The van der Waals surface area contributed by atoms with E-state index in [1.165, 1.54) is 31.2 Å². The van der Waals surface area contributed by atoms with Crippen LogP contribution in [0.2, 0.25) is 0 Å². The number of nitrogens with zero attached hydrogens (tertiary/aromatic N) is 4. The number of rotatable bonds is 5. The van der Waals surface area contributed by atoms with Crippen LogP contribution in [0.5, 0.6) is 0 Å². The maximum Gasteiger partial charge on any atom is 0.232 e. The molecule has 0 radical (unpaired) electrons. The Morgan fingerprint density at radius 1 is 0.969 bits per heavy atom. The average Bonchev–Trinajstić information content (AvgIpc) is 2.79. The lowest BCUT2D eigenvalue weighted by atomic mass is 10.00. The van der Waals surface area contributed by atoms with Crippen LogP contribution in [0, 0.1) is 11.8 Å². The van der Waals surface area contributed by atoms with Gasteiger partial charge in [-0.1, -0.05) is 44.2 Å². The molecule has 3 atom stereocenters. The molecule has 2 aromatic rings. The van der Waals surface area contributed by atoms with Gasteiger partial charge < -0.3 is 20.4 Å². The van der Waals surface area contributed by atoms with Crippen molar-refractivity contribution in [2.75, 3.05) is 41.3 Å². The summed E-state index contributed by atoms with van der Waals surface area (Å²) >= 11 is 5.62. The molecule has 3 heterocycles. The lowest BCUT2D eigenvalue weighted by Crippen LogP contribution is -2.37. The molecule has 0 unspecified atom stereocenters. The van der Waals surface area contributed by atoms with E-state index in [0.717, 1.165) is 37.8 Å². The van der Waals surface area contributed by atoms with Crippen molar-refractivity contribution in [3.63, 3.8) is 0 Å². The Morgan fingerprint density at radius 2 is 1.53 bits per heavy atom. The van der Waals surface area contributed by atoms with Crippen molar-refractivity contribution in [2.24, 2.45) is 11.8 Å². The Bertz CT molecular complexity index is 864. The Balaban J connectivity index is 1.53. The van der Waals surface area contributed by atoms with Crippen LogP contribution in [-0.2, 0) is 0 Å². The molecule has 0 spiro atoms. The zero-order valence-corrected chi connectivity index (χ0v) is 20.4. The predicted octanol–water partition coefficient (Wildman–Crippen LogP) is 5.00. The first-order chi connectivity index (χ1) is 15.5. The number of hydrogen-bond donors (Lipinski definition) is 2. The van der Waals surface area contributed by atoms with Crippen molar-refractivity contribution in [1.82, 2.24) is 15.3 Å². The van der Waals surface area contributed by atoms with E-state index >= 15 is 0 Å². The zero-order chi connectivity index (χ0) is 22.5. The third-order valence-electron chi connectivity index (χ3n) is 6.53. The third-order valence-corrected chi connectivity index (χ3v) is 6.75. The fourth-order valence-corrected chi connectivity index (χ4v) is 5.02. The highest BCUT2D eigenvalue weighted by atomic mass is 32.1. The van der Waals surface area contributed by atoms with Gasteiger partial charge in [0.1, 0.15) is 11.6 Å².